The Morgan fingerprint density at radius 2 is 2.32 bits per heavy atom. The average Bonchev–Trinajstić information content (AvgIpc) is 2.39. The zero-order valence-electron chi connectivity index (χ0n) is 11.5. The van der Waals surface area contributed by atoms with Crippen LogP contribution >= 0.6 is 11.8 Å². The van der Waals surface area contributed by atoms with Gasteiger partial charge in [-0.3, -0.25) is 9.78 Å². The lowest BCUT2D eigenvalue weighted by molar-refractivity contribution is 0.0951. The molecule has 2 rings (SSSR count). The molecule has 0 radical (unpaired) electrons. The number of hydrogen-bond acceptors (Lipinski definition) is 4. The summed E-state index contributed by atoms with van der Waals surface area (Å²) < 4.78 is 0.384. The summed E-state index contributed by atoms with van der Waals surface area (Å²) in [7, 11) is 0. The zero-order valence-corrected chi connectivity index (χ0v) is 12.3. The lowest BCUT2D eigenvalue weighted by Crippen LogP contribution is -2.40. The van der Waals surface area contributed by atoms with Crippen molar-refractivity contribution in [2.45, 2.75) is 30.9 Å². The smallest absolute Gasteiger partial charge is 0.269 e. The van der Waals surface area contributed by atoms with Crippen molar-refractivity contribution in [1.82, 2.24) is 10.3 Å². The SMILES string of the molecule is CCNC(=O)c1cc(NCC2(SC)CCC2)ccn1. The molecule has 1 fully saturated rings. The standard InChI is InChI=1S/C14H21N3OS/c1-3-15-13(18)12-9-11(5-8-16-12)17-10-14(19-2)6-4-7-14/h5,8-9H,3-4,6-7,10H2,1-2H3,(H,15,18)(H,16,17). The number of aromatic nitrogens is 1. The maximum absolute atomic E-state index is 11.7. The van der Waals surface area contributed by atoms with Crippen LogP contribution in [0.1, 0.15) is 36.7 Å². The predicted octanol–water partition coefficient (Wildman–Crippen LogP) is 2.53. The molecular weight excluding hydrogens is 258 g/mol. The van der Waals surface area contributed by atoms with Crippen molar-refractivity contribution in [2.75, 3.05) is 24.7 Å². The number of pyridine rings is 1. The van der Waals surface area contributed by atoms with Crippen molar-refractivity contribution in [3.05, 3.63) is 24.0 Å². The van der Waals surface area contributed by atoms with Gasteiger partial charge in [0.05, 0.1) is 0 Å². The van der Waals surface area contributed by atoms with Crippen LogP contribution in [-0.4, -0.2) is 35.0 Å². The Labute approximate surface area is 118 Å². The van der Waals surface area contributed by atoms with Crippen LogP contribution in [0, 0.1) is 0 Å². The number of carbonyl (C=O) groups is 1. The van der Waals surface area contributed by atoms with E-state index in [0.717, 1.165) is 12.2 Å². The van der Waals surface area contributed by atoms with Crippen LogP contribution in [0.5, 0.6) is 0 Å². The minimum absolute atomic E-state index is 0.116. The molecule has 1 aromatic heterocycles. The first-order valence-electron chi connectivity index (χ1n) is 6.72. The topological polar surface area (TPSA) is 54.0 Å². The highest BCUT2D eigenvalue weighted by atomic mass is 32.2. The van der Waals surface area contributed by atoms with Gasteiger partial charge in [-0.05, 0) is 38.2 Å². The predicted molar refractivity (Wildman–Crippen MR) is 80.8 cm³/mol. The molecule has 0 unspecified atom stereocenters. The van der Waals surface area contributed by atoms with E-state index in [9.17, 15) is 4.79 Å². The van der Waals surface area contributed by atoms with Crippen LogP contribution in [0.2, 0.25) is 0 Å². The molecule has 1 aromatic rings. The van der Waals surface area contributed by atoms with Crippen LogP contribution in [-0.2, 0) is 0 Å². The van der Waals surface area contributed by atoms with Gasteiger partial charge in [0.2, 0.25) is 0 Å². The quantitative estimate of drug-likeness (QED) is 0.840. The Kier molecular flexibility index (Phi) is 4.69. The molecule has 4 nitrogen and oxygen atoms in total. The number of nitrogens with zero attached hydrogens (tertiary/aromatic N) is 1. The van der Waals surface area contributed by atoms with Gasteiger partial charge in [-0.25, -0.2) is 0 Å². The minimum Gasteiger partial charge on any atom is -0.384 e. The van der Waals surface area contributed by atoms with Crippen molar-refractivity contribution in [3.8, 4) is 0 Å². The number of hydrogen-bond donors (Lipinski definition) is 2. The van der Waals surface area contributed by atoms with Crippen molar-refractivity contribution in [1.29, 1.82) is 0 Å². The van der Waals surface area contributed by atoms with Gasteiger partial charge in [0.15, 0.2) is 0 Å². The molecule has 0 saturated heterocycles. The van der Waals surface area contributed by atoms with Gasteiger partial charge in [0.1, 0.15) is 5.69 Å². The van der Waals surface area contributed by atoms with E-state index in [-0.39, 0.29) is 5.91 Å². The van der Waals surface area contributed by atoms with E-state index in [1.807, 2.05) is 30.8 Å². The van der Waals surface area contributed by atoms with Gasteiger partial charge in [-0.2, -0.15) is 11.8 Å². The third-order valence-electron chi connectivity index (χ3n) is 3.64. The van der Waals surface area contributed by atoms with Gasteiger partial charge in [0, 0.05) is 29.7 Å². The molecule has 0 aliphatic heterocycles. The van der Waals surface area contributed by atoms with Crippen molar-refractivity contribution in [2.24, 2.45) is 0 Å². The summed E-state index contributed by atoms with van der Waals surface area (Å²) in [5.74, 6) is -0.116. The maximum atomic E-state index is 11.7. The lowest BCUT2D eigenvalue weighted by Gasteiger charge is -2.40. The molecule has 1 aliphatic rings. The highest BCUT2D eigenvalue weighted by Gasteiger charge is 2.35. The van der Waals surface area contributed by atoms with Gasteiger partial charge in [0.25, 0.3) is 5.91 Å². The van der Waals surface area contributed by atoms with Crippen molar-refractivity contribution < 1.29 is 4.79 Å². The number of anilines is 1. The highest BCUT2D eigenvalue weighted by Crippen LogP contribution is 2.42. The molecule has 1 saturated carbocycles. The molecule has 1 amide bonds. The van der Waals surface area contributed by atoms with E-state index in [2.05, 4.69) is 21.9 Å². The normalized spacial score (nSPS) is 16.5. The summed E-state index contributed by atoms with van der Waals surface area (Å²) in [6.07, 6.45) is 7.72. The van der Waals surface area contributed by atoms with Crippen molar-refractivity contribution in [3.63, 3.8) is 0 Å². The van der Waals surface area contributed by atoms with E-state index >= 15 is 0 Å². The van der Waals surface area contributed by atoms with Crippen molar-refractivity contribution >= 4 is 23.4 Å². The third kappa shape index (κ3) is 3.41. The molecule has 1 heterocycles. The van der Waals surface area contributed by atoms with E-state index in [1.54, 1.807) is 6.20 Å². The average molecular weight is 279 g/mol. The van der Waals surface area contributed by atoms with E-state index in [4.69, 9.17) is 0 Å². The zero-order chi connectivity index (χ0) is 13.7. The summed E-state index contributed by atoms with van der Waals surface area (Å²) in [5.41, 5.74) is 1.44. The monoisotopic (exact) mass is 279 g/mol. The Bertz CT molecular complexity index is 441. The largest absolute Gasteiger partial charge is 0.384 e. The second kappa shape index (κ2) is 6.28. The molecule has 0 aromatic carbocycles. The summed E-state index contributed by atoms with van der Waals surface area (Å²) in [5, 5.41) is 6.20. The van der Waals surface area contributed by atoms with Gasteiger partial charge < -0.3 is 10.6 Å². The first-order valence-corrected chi connectivity index (χ1v) is 7.95. The lowest BCUT2D eigenvalue weighted by atomic mass is 9.84. The highest BCUT2D eigenvalue weighted by molar-refractivity contribution is 8.00. The fourth-order valence-electron chi connectivity index (χ4n) is 2.20. The van der Waals surface area contributed by atoms with Crippen LogP contribution in [0.4, 0.5) is 5.69 Å². The molecule has 1 aliphatic carbocycles. The van der Waals surface area contributed by atoms with Gasteiger partial charge >= 0.3 is 0 Å². The summed E-state index contributed by atoms with van der Waals surface area (Å²) >= 11 is 1.94. The Balaban J connectivity index is 1.97. The number of amides is 1. The maximum Gasteiger partial charge on any atom is 0.269 e. The number of nitrogens with one attached hydrogen (secondary N) is 2. The van der Waals surface area contributed by atoms with Crippen LogP contribution in [0.25, 0.3) is 0 Å². The molecule has 5 heteroatoms. The van der Waals surface area contributed by atoms with E-state index < -0.39 is 0 Å². The van der Waals surface area contributed by atoms with Crippen LogP contribution in [0.15, 0.2) is 18.3 Å². The van der Waals surface area contributed by atoms with Crippen LogP contribution in [0.3, 0.4) is 0 Å². The number of rotatable bonds is 6. The molecule has 104 valence electrons. The summed E-state index contributed by atoms with van der Waals surface area (Å²) in [6.45, 7) is 3.47. The van der Waals surface area contributed by atoms with Gasteiger partial charge in [-0.1, -0.05) is 6.42 Å². The summed E-state index contributed by atoms with van der Waals surface area (Å²) in [4.78, 5) is 15.8. The van der Waals surface area contributed by atoms with Crippen LogP contribution < -0.4 is 10.6 Å². The third-order valence-corrected chi connectivity index (χ3v) is 5.06. The Morgan fingerprint density at radius 1 is 1.53 bits per heavy atom. The van der Waals surface area contributed by atoms with E-state index in [0.29, 0.717) is 17.0 Å². The summed E-state index contributed by atoms with van der Waals surface area (Å²) in [6, 6.07) is 3.73. The Morgan fingerprint density at radius 3 is 2.89 bits per heavy atom. The second-order valence-corrected chi connectivity index (χ2v) is 6.16. The van der Waals surface area contributed by atoms with E-state index in [1.165, 1.54) is 19.3 Å². The fraction of sp³-hybridized carbons (Fsp3) is 0.571. The minimum atomic E-state index is -0.116. The second-order valence-electron chi connectivity index (χ2n) is 4.88. The molecular formula is C14H21N3OS. The molecule has 0 spiro atoms. The number of carbonyl (C=O) groups excluding carboxylic acids is 1. The number of thioether (sulfide) groups is 1. The molecule has 2 N–H and O–H groups in total. The first-order chi connectivity index (χ1) is 9.19. The molecule has 0 bridgehead atoms. The molecule has 0 atom stereocenters. The fourth-order valence-corrected chi connectivity index (χ4v) is 3.12. The van der Waals surface area contributed by atoms with Gasteiger partial charge in [-0.15, -0.1) is 0 Å². The Hall–Kier alpha value is -1.23. The molecule has 19 heavy (non-hydrogen) atoms. The first kappa shape index (κ1) is 14.2.